The van der Waals surface area contributed by atoms with E-state index in [2.05, 4.69) is 15.6 Å². The molecule has 3 amide bonds. The molecule has 3 rings (SSSR count). The van der Waals surface area contributed by atoms with Crippen molar-refractivity contribution in [2.24, 2.45) is 5.92 Å². The Labute approximate surface area is 179 Å². The van der Waals surface area contributed by atoms with E-state index in [1.807, 2.05) is 24.3 Å². The van der Waals surface area contributed by atoms with Gasteiger partial charge in [0.05, 0.1) is 16.6 Å². The van der Waals surface area contributed by atoms with Gasteiger partial charge in [-0.25, -0.2) is 4.98 Å². The number of halogens is 1. The van der Waals surface area contributed by atoms with Crippen LogP contribution in [0.4, 0.5) is 5.82 Å². The van der Waals surface area contributed by atoms with Crippen LogP contribution in [0.1, 0.15) is 19.3 Å². The van der Waals surface area contributed by atoms with Gasteiger partial charge >= 0.3 is 0 Å². The third-order valence-corrected chi connectivity index (χ3v) is 4.88. The number of hydrogen-bond donors (Lipinski definition) is 2. The van der Waals surface area contributed by atoms with Crippen molar-refractivity contribution in [1.29, 1.82) is 0 Å². The minimum atomic E-state index is -0.515. The zero-order valence-corrected chi connectivity index (χ0v) is 17.5. The SMILES string of the molecule is CN(C)C(=O)CCCC(=O)NC1=C(C(=O)Nc2ccc(Cl)cn2)OC2C=CC=CC12. The molecular formula is C21H23ClN4O4. The minimum Gasteiger partial charge on any atom is -0.478 e. The third-order valence-electron chi connectivity index (χ3n) is 4.66. The maximum Gasteiger partial charge on any atom is 0.293 e. The van der Waals surface area contributed by atoms with Crippen LogP contribution in [0.2, 0.25) is 5.02 Å². The van der Waals surface area contributed by atoms with Crippen molar-refractivity contribution in [1.82, 2.24) is 15.2 Å². The van der Waals surface area contributed by atoms with Gasteiger partial charge in [-0.3, -0.25) is 14.4 Å². The van der Waals surface area contributed by atoms with Gasteiger partial charge in [0, 0.05) is 33.1 Å². The maximum atomic E-state index is 12.8. The number of allylic oxidation sites excluding steroid dienone is 2. The number of hydrogen-bond acceptors (Lipinski definition) is 5. The molecule has 158 valence electrons. The number of pyridine rings is 1. The lowest BCUT2D eigenvalue weighted by molar-refractivity contribution is -0.129. The molecule has 0 radical (unpaired) electrons. The summed E-state index contributed by atoms with van der Waals surface area (Å²) in [4.78, 5) is 42.5. The summed E-state index contributed by atoms with van der Waals surface area (Å²) in [6.07, 6.45) is 9.27. The highest BCUT2D eigenvalue weighted by atomic mass is 35.5. The molecule has 0 spiro atoms. The van der Waals surface area contributed by atoms with E-state index in [0.717, 1.165) is 0 Å². The molecule has 2 unspecified atom stereocenters. The number of fused-ring (bicyclic) bond motifs is 1. The monoisotopic (exact) mass is 430 g/mol. The van der Waals surface area contributed by atoms with Gasteiger partial charge in [-0.15, -0.1) is 0 Å². The van der Waals surface area contributed by atoms with Crippen LogP contribution in [0.5, 0.6) is 0 Å². The van der Waals surface area contributed by atoms with Gasteiger partial charge in [0.1, 0.15) is 11.9 Å². The van der Waals surface area contributed by atoms with E-state index >= 15 is 0 Å². The standard InChI is InChI=1S/C21H23ClN4O4/c1-26(2)18(28)9-5-8-17(27)25-19-14-6-3-4-7-15(14)30-20(19)21(29)24-16-11-10-13(22)12-23-16/h3-4,6-7,10-12,14-15H,5,8-9H2,1-2H3,(H,25,27)(H,23,24,29). The Hall–Kier alpha value is -3.13. The average molecular weight is 431 g/mol. The first-order chi connectivity index (χ1) is 14.3. The summed E-state index contributed by atoms with van der Waals surface area (Å²) >= 11 is 5.82. The average Bonchev–Trinajstić information content (AvgIpc) is 3.08. The van der Waals surface area contributed by atoms with E-state index < -0.39 is 5.91 Å². The molecule has 1 aliphatic carbocycles. The Bertz CT molecular complexity index is 921. The Morgan fingerprint density at radius 2 is 1.90 bits per heavy atom. The molecule has 30 heavy (non-hydrogen) atoms. The van der Waals surface area contributed by atoms with E-state index in [1.54, 1.807) is 26.2 Å². The van der Waals surface area contributed by atoms with Gasteiger partial charge in [0.25, 0.3) is 5.91 Å². The van der Waals surface area contributed by atoms with Crippen molar-refractivity contribution < 1.29 is 19.1 Å². The molecule has 0 aromatic carbocycles. The third kappa shape index (κ3) is 5.27. The second kappa shape index (κ2) is 9.58. The molecule has 1 aliphatic heterocycles. The van der Waals surface area contributed by atoms with Crippen LogP contribution in [0.15, 0.2) is 54.1 Å². The Balaban J connectivity index is 1.70. The summed E-state index contributed by atoms with van der Waals surface area (Å²) in [6.45, 7) is 0. The van der Waals surface area contributed by atoms with Crippen molar-refractivity contribution in [3.63, 3.8) is 0 Å². The number of amides is 3. The molecule has 0 saturated heterocycles. The molecule has 2 aliphatic rings. The highest BCUT2D eigenvalue weighted by Crippen LogP contribution is 2.34. The first kappa shape index (κ1) is 21.6. The van der Waals surface area contributed by atoms with Crippen molar-refractivity contribution >= 4 is 35.1 Å². The summed E-state index contributed by atoms with van der Waals surface area (Å²) in [6, 6.07) is 3.18. The number of nitrogens with zero attached hydrogens (tertiary/aromatic N) is 2. The van der Waals surface area contributed by atoms with Crippen molar-refractivity contribution in [3.05, 3.63) is 59.1 Å². The number of aromatic nitrogens is 1. The largest absolute Gasteiger partial charge is 0.478 e. The summed E-state index contributed by atoms with van der Waals surface area (Å²) in [5.74, 6) is -0.758. The van der Waals surface area contributed by atoms with E-state index in [-0.39, 0.29) is 42.4 Å². The van der Waals surface area contributed by atoms with Gasteiger partial charge in [-0.05, 0) is 24.6 Å². The van der Waals surface area contributed by atoms with Gasteiger partial charge < -0.3 is 20.3 Å². The topological polar surface area (TPSA) is 101 Å². The fourth-order valence-electron chi connectivity index (χ4n) is 3.09. The smallest absolute Gasteiger partial charge is 0.293 e. The molecule has 2 atom stereocenters. The predicted octanol–water partition coefficient (Wildman–Crippen LogP) is 2.40. The summed E-state index contributed by atoms with van der Waals surface area (Å²) in [5.41, 5.74) is 0.399. The molecule has 2 heterocycles. The van der Waals surface area contributed by atoms with Crippen LogP contribution < -0.4 is 10.6 Å². The predicted molar refractivity (Wildman–Crippen MR) is 112 cm³/mol. The molecule has 0 saturated carbocycles. The number of carbonyl (C=O) groups excluding carboxylic acids is 3. The number of anilines is 1. The lowest BCUT2D eigenvalue weighted by atomic mass is 9.95. The summed E-state index contributed by atoms with van der Waals surface area (Å²) < 4.78 is 5.81. The van der Waals surface area contributed by atoms with Crippen LogP contribution in [-0.4, -0.2) is 47.8 Å². The lowest BCUT2D eigenvalue weighted by Gasteiger charge is -2.17. The summed E-state index contributed by atoms with van der Waals surface area (Å²) in [5, 5.41) is 5.91. The quantitative estimate of drug-likeness (QED) is 0.691. The van der Waals surface area contributed by atoms with Crippen LogP contribution in [0.3, 0.4) is 0 Å². The van der Waals surface area contributed by atoms with E-state index in [9.17, 15) is 14.4 Å². The van der Waals surface area contributed by atoms with E-state index in [1.165, 1.54) is 11.1 Å². The molecule has 1 aromatic heterocycles. The Morgan fingerprint density at radius 1 is 1.13 bits per heavy atom. The number of nitrogens with one attached hydrogen (secondary N) is 2. The van der Waals surface area contributed by atoms with Crippen LogP contribution in [0, 0.1) is 5.92 Å². The second-order valence-corrected chi connectivity index (χ2v) is 7.56. The number of carbonyl (C=O) groups is 3. The number of ether oxygens (including phenoxy) is 1. The van der Waals surface area contributed by atoms with Gasteiger partial charge in [-0.1, -0.05) is 29.8 Å². The van der Waals surface area contributed by atoms with E-state index in [4.69, 9.17) is 16.3 Å². The highest BCUT2D eigenvalue weighted by molar-refractivity contribution is 6.30. The van der Waals surface area contributed by atoms with Gasteiger partial charge in [0.15, 0.2) is 0 Å². The molecule has 0 bridgehead atoms. The molecule has 8 nitrogen and oxygen atoms in total. The first-order valence-electron chi connectivity index (χ1n) is 9.54. The van der Waals surface area contributed by atoms with Gasteiger partial charge in [0.2, 0.25) is 17.6 Å². The van der Waals surface area contributed by atoms with Crippen molar-refractivity contribution in [2.75, 3.05) is 19.4 Å². The van der Waals surface area contributed by atoms with Crippen LogP contribution in [0.25, 0.3) is 0 Å². The van der Waals surface area contributed by atoms with Crippen LogP contribution >= 0.6 is 11.6 Å². The normalized spacial score (nSPS) is 19.2. The van der Waals surface area contributed by atoms with Crippen molar-refractivity contribution in [3.8, 4) is 0 Å². The molecule has 9 heteroatoms. The number of rotatable bonds is 7. The minimum absolute atomic E-state index is 0.0377. The van der Waals surface area contributed by atoms with Crippen molar-refractivity contribution in [2.45, 2.75) is 25.4 Å². The fraction of sp³-hybridized carbons (Fsp3) is 0.333. The van der Waals surface area contributed by atoms with Gasteiger partial charge in [-0.2, -0.15) is 0 Å². The molecule has 0 fully saturated rings. The first-order valence-corrected chi connectivity index (χ1v) is 9.91. The zero-order chi connectivity index (χ0) is 21.7. The van der Waals surface area contributed by atoms with E-state index in [0.29, 0.717) is 23.0 Å². The highest BCUT2D eigenvalue weighted by Gasteiger charge is 2.38. The van der Waals surface area contributed by atoms with Crippen LogP contribution in [-0.2, 0) is 19.1 Å². The second-order valence-electron chi connectivity index (χ2n) is 7.13. The Morgan fingerprint density at radius 3 is 2.60 bits per heavy atom. The molecular weight excluding hydrogens is 408 g/mol. The zero-order valence-electron chi connectivity index (χ0n) is 16.7. The Kier molecular flexibility index (Phi) is 6.89. The molecule has 2 N–H and O–H groups in total. The lowest BCUT2D eigenvalue weighted by Crippen LogP contribution is -2.30. The fourth-order valence-corrected chi connectivity index (χ4v) is 3.20. The molecule has 1 aromatic rings. The summed E-state index contributed by atoms with van der Waals surface area (Å²) in [7, 11) is 3.35. The maximum absolute atomic E-state index is 12.8.